The summed E-state index contributed by atoms with van der Waals surface area (Å²) in [5.41, 5.74) is 0. The SMILES string of the molecule is CCCNC(=O)CCNS(=O)(=O)c1ccccc1F. The Bertz CT molecular complexity index is 532. The predicted octanol–water partition coefficient (Wildman–Crippen LogP) is 1.02. The van der Waals surface area contributed by atoms with Crippen molar-refractivity contribution in [1.82, 2.24) is 10.0 Å². The van der Waals surface area contributed by atoms with Crippen molar-refractivity contribution in [3.63, 3.8) is 0 Å². The van der Waals surface area contributed by atoms with Gasteiger partial charge in [0.1, 0.15) is 10.7 Å². The number of amides is 1. The molecule has 0 aliphatic heterocycles. The van der Waals surface area contributed by atoms with Crippen LogP contribution in [0.1, 0.15) is 19.8 Å². The Morgan fingerprint density at radius 3 is 2.58 bits per heavy atom. The number of hydrogen-bond donors (Lipinski definition) is 2. The van der Waals surface area contributed by atoms with Gasteiger partial charge in [-0.2, -0.15) is 0 Å². The lowest BCUT2D eigenvalue weighted by Crippen LogP contribution is -2.31. The van der Waals surface area contributed by atoms with Gasteiger partial charge >= 0.3 is 0 Å². The third kappa shape index (κ3) is 4.96. The van der Waals surface area contributed by atoms with Crippen molar-refractivity contribution in [1.29, 1.82) is 0 Å². The molecule has 0 heterocycles. The van der Waals surface area contributed by atoms with Gasteiger partial charge in [0.25, 0.3) is 0 Å². The number of sulfonamides is 1. The highest BCUT2D eigenvalue weighted by atomic mass is 32.2. The van der Waals surface area contributed by atoms with Crippen LogP contribution < -0.4 is 10.0 Å². The van der Waals surface area contributed by atoms with Gasteiger partial charge < -0.3 is 5.32 Å². The molecule has 0 saturated heterocycles. The molecule has 0 bridgehead atoms. The van der Waals surface area contributed by atoms with E-state index in [0.717, 1.165) is 12.5 Å². The van der Waals surface area contributed by atoms with Gasteiger partial charge in [-0.25, -0.2) is 17.5 Å². The Morgan fingerprint density at radius 2 is 1.95 bits per heavy atom. The average molecular weight is 288 g/mol. The molecule has 106 valence electrons. The van der Waals surface area contributed by atoms with E-state index in [1.165, 1.54) is 18.2 Å². The number of nitrogens with one attached hydrogen (secondary N) is 2. The summed E-state index contributed by atoms with van der Waals surface area (Å²) in [7, 11) is -3.91. The first-order valence-electron chi connectivity index (χ1n) is 5.98. The Labute approximate surface area is 112 Å². The number of halogens is 1. The monoisotopic (exact) mass is 288 g/mol. The lowest BCUT2D eigenvalue weighted by molar-refractivity contribution is -0.120. The molecule has 19 heavy (non-hydrogen) atoms. The van der Waals surface area contributed by atoms with E-state index in [4.69, 9.17) is 0 Å². The van der Waals surface area contributed by atoms with Crippen molar-refractivity contribution < 1.29 is 17.6 Å². The minimum absolute atomic E-state index is 0.0215. The Morgan fingerprint density at radius 1 is 1.26 bits per heavy atom. The molecule has 7 heteroatoms. The summed E-state index contributed by atoms with van der Waals surface area (Å²) in [4.78, 5) is 10.9. The maximum atomic E-state index is 13.3. The Kier molecular flexibility index (Phi) is 5.91. The third-order valence-electron chi connectivity index (χ3n) is 2.34. The van der Waals surface area contributed by atoms with E-state index in [9.17, 15) is 17.6 Å². The van der Waals surface area contributed by atoms with Crippen LogP contribution in [0.25, 0.3) is 0 Å². The summed E-state index contributed by atoms with van der Waals surface area (Å²) in [6, 6.07) is 5.09. The largest absolute Gasteiger partial charge is 0.356 e. The average Bonchev–Trinajstić information content (AvgIpc) is 2.36. The highest BCUT2D eigenvalue weighted by Crippen LogP contribution is 2.12. The molecule has 1 rings (SSSR count). The van der Waals surface area contributed by atoms with E-state index in [1.807, 2.05) is 6.92 Å². The van der Waals surface area contributed by atoms with Crippen molar-refractivity contribution in [3.8, 4) is 0 Å². The normalized spacial score (nSPS) is 11.3. The predicted molar refractivity (Wildman–Crippen MR) is 69.5 cm³/mol. The van der Waals surface area contributed by atoms with E-state index in [-0.39, 0.29) is 18.9 Å². The van der Waals surface area contributed by atoms with Crippen molar-refractivity contribution >= 4 is 15.9 Å². The fourth-order valence-corrected chi connectivity index (χ4v) is 2.50. The third-order valence-corrected chi connectivity index (χ3v) is 3.84. The molecule has 0 fully saturated rings. The van der Waals surface area contributed by atoms with E-state index in [1.54, 1.807) is 0 Å². The van der Waals surface area contributed by atoms with Crippen LogP contribution in [0.3, 0.4) is 0 Å². The zero-order chi connectivity index (χ0) is 14.3. The van der Waals surface area contributed by atoms with Crippen LogP contribution in [0, 0.1) is 5.82 Å². The van der Waals surface area contributed by atoms with Crippen LogP contribution in [0.2, 0.25) is 0 Å². The Hall–Kier alpha value is -1.47. The molecule has 0 unspecified atom stereocenters. The maximum absolute atomic E-state index is 13.3. The van der Waals surface area contributed by atoms with Crippen LogP contribution >= 0.6 is 0 Å². The van der Waals surface area contributed by atoms with Gasteiger partial charge in [-0.05, 0) is 18.6 Å². The second-order valence-corrected chi connectivity index (χ2v) is 5.66. The maximum Gasteiger partial charge on any atom is 0.243 e. The first-order valence-corrected chi connectivity index (χ1v) is 7.46. The molecule has 0 saturated carbocycles. The molecule has 1 amide bonds. The Balaban J connectivity index is 2.53. The van der Waals surface area contributed by atoms with Crippen LogP contribution in [0.4, 0.5) is 4.39 Å². The first kappa shape index (κ1) is 15.6. The van der Waals surface area contributed by atoms with Gasteiger partial charge in [-0.15, -0.1) is 0 Å². The van der Waals surface area contributed by atoms with E-state index >= 15 is 0 Å². The molecular formula is C12H17FN2O3S. The van der Waals surface area contributed by atoms with Gasteiger partial charge in [0.2, 0.25) is 15.9 Å². The number of rotatable bonds is 7. The second kappa shape index (κ2) is 7.20. The van der Waals surface area contributed by atoms with Crippen molar-refractivity contribution in [2.24, 2.45) is 0 Å². The van der Waals surface area contributed by atoms with Crippen LogP contribution in [0.5, 0.6) is 0 Å². The topological polar surface area (TPSA) is 75.3 Å². The molecular weight excluding hydrogens is 271 g/mol. The summed E-state index contributed by atoms with van der Waals surface area (Å²) in [6.07, 6.45) is 0.834. The van der Waals surface area contributed by atoms with Crippen LogP contribution in [-0.2, 0) is 14.8 Å². The van der Waals surface area contributed by atoms with Gasteiger partial charge in [-0.1, -0.05) is 19.1 Å². The summed E-state index contributed by atoms with van der Waals surface area (Å²) >= 11 is 0. The summed E-state index contributed by atoms with van der Waals surface area (Å²) in [5, 5.41) is 2.62. The molecule has 0 atom stereocenters. The fraction of sp³-hybridized carbons (Fsp3) is 0.417. The lowest BCUT2D eigenvalue weighted by atomic mass is 10.3. The minimum Gasteiger partial charge on any atom is -0.356 e. The molecule has 5 nitrogen and oxygen atoms in total. The highest BCUT2D eigenvalue weighted by Gasteiger charge is 2.17. The first-order chi connectivity index (χ1) is 8.97. The molecule has 0 aliphatic carbocycles. The number of carbonyl (C=O) groups excluding carboxylic acids is 1. The van der Waals surface area contributed by atoms with E-state index in [2.05, 4.69) is 10.0 Å². The van der Waals surface area contributed by atoms with Crippen molar-refractivity contribution in [2.75, 3.05) is 13.1 Å². The minimum atomic E-state index is -3.91. The fourth-order valence-electron chi connectivity index (χ4n) is 1.39. The van der Waals surface area contributed by atoms with E-state index < -0.39 is 20.7 Å². The molecule has 1 aromatic carbocycles. The van der Waals surface area contributed by atoms with Crippen molar-refractivity contribution in [3.05, 3.63) is 30.1 Å². The number of carbonyl (C=O) groups is 1. The highest BCUT2D eigenvalue weighted by molar-refractivity contribution is 7.89. The number of hydrogen-bond acceptors (Lipinski definition) is 3. The van der Waals surface area contributed by atoms with Crippen molar-refractivity contribution in [2.45, 2.75) is 24.7 Å². The quantitative estimate of drug-likeness (QED) is 0.786. The summed E-state index contributed by atoms with van der Waals surface area (Å²) in [5.74, 6) is -1.05. The van der Waals surface area contributed by atoms with Gasteiger partial charge in [-0.3, -0.25) is 4.79 Å². The molecule has 0 spiro atoms. The zero-order valence-electron chi connectivity index (χ0n) is 10.6. The summed E-state index contributed by atoms with van der Waals surface area (Å²) < 4.78 is 39.1. The van der Waals surface area contributed by atoms with Crippen LogP contribution in [-0.4, -0.2) is 27.4 Å². The smallest absolute Gasteiger partial charge is 0.243 e. The van der Waals surface area contributed by atoms with E-state index in [0.29, 0.717) is 6.54 Å². The van der Waals surface area contributed by atoms with Gasteiger partial charge in [0.15, 0.2) is 0 Å². The lowest BCUT2D eigenvalue weighted by Gasteiger charge is -2.07. The molecule has 1 aromatic rings. The molecule has 0 aromatic heterocycles. The standard InChI is InChI=1S/C12H17FN2O3S/c1-2-8-14-12(16)7-9-15-19(17,18)11-6-4-3-5-10(11)13/h3-6,15H,2,7-9H2,1H3,(H,14,16). The van der Waals surface area contributed by atoms with Crippen LogP contribution in [0.15, 0.2) is 29.2 Å². The summed E-state index contributed by atoms with van der Waals surface area (Å²) in [6.45, 7) is 2.41. The zero-order valence-corrected chi connectivity index (χ0v) is 11.5. The van der Waals surface area contributed by atoms with Gasteiger partial charge in [0, 0.05) is 19.5 Å². The molecule has 0 radical (unpaired) electrons. The molecule has 0 aliphatic rings. The number of benzene rings is 1. The molecule has 2 N–H and O–H groups in total. The second-order valence-electron chi connectivity index (χ2n) is 3.93. The van der Waals surface area contributed by atoms with Gasteiger partial charge in [0.05, 0.1) is 0 Å².